The average molecular weight is 440 g/mol. The highest BCUT2D eigenvalue weighted by Gasteiger charge is 2.45. The summed E-state index contributed by atoms with van der Waals surface area (Å²) in [5.74, 6) is 1.47. The molecule has 0 saturated heterocycles. The highest BCUT2D eigenvalue weighted by molar-refractivity contribution is 8.16. The summed E-state index contributed by atoms with van der Waals surface area (Å²) in [6.45, 7) is 0. The van der Waals surface area contributed by atoms with Gasteiger partial charge in [0.2, 0.25) is 5.91 Å². The van der Waals surface area contributed by atoms with E-state index >= 15 is 0 Å². The number of rotatable bonds is 4. The Morgan fingerprint density at radius 3 is 1.83 bits per heavy atom. The molecule has 1 amide bonds. The van der Waals surface area contributed by atoms with E-state index in [0.717, 1.165) is 32.4 Å². The van der Waals surface area contributed by atoms with Crippen LogP contribution in [-0.4, -0.2) is 31.5 Å². The molecule has 0 aliphatic carbocycles. The lowest BCUT2D eigenvalue weighted by molar-refractivity contribution is -0.124. The maximum Gasteiger partial charge on any atom is 0.243 e. The van der Waals surface area contributed by atoms with Gasteiger partial charge < -0.3 is 20.5 Å². The Bertz CT molecular complexity index is 997. The van der Waals surface area contributed by atoms with E-state index in [0.29, 0.717) is 0 Å². The number of benzene rings is 2. The van der Waals surface area contributed by atoms with E-state index in [1.807, 2.05) is 60.7 Å². The molecule has 4 rings (SSSR count). The fraction of sp³-hybridized carbons (Fsp3) is 0.182. The van der Waals surface area contributed by atoms with Crippen molar-refractivity contribution >= 4 is 45.9 Å². The lowest BCUT2D eigenvalue weighted by Crippen LogP contribution is -2.54. The summed E-state index contributed by atoms with van der Waals surface area (Å²) in [6.07, 6.45) is 3.72. The molecule has 0 bridgehead atoms. The molecule has 2 aromatic rings. The molecule has 2 aliphatic rings. The average Bonchev–Trinajstić information content (AvgIpc) is 2.77. The molecule has 0 saturated carbocycles. The van der Waals surface area contributed by atoms with Gasteiger partial charge in [0, 0.05) is 9.81 Å². The van der Waals surface area contributed by atoms with Crippen LogP contribution in [0.15, 0.2) is 65.7 Å². The molecule has 8 heteroatoms. The molecule has 2 aromatic carbocycles. The molecule has 0 fully saturated rings. The van der Waals surface area contributed by atoms with Gasteiger partial charge in [0.1, 0.15) is 22.7 Å². The molecule has 0 radical (unpaired) electrons. The summed E-state index contributed by atoms with van der Waals surface area (Å²) in [5, 5.41) is 2.77. The second-order valence-corrected chi connectivity index (χ2v) is 8.38. The van der Waals surface area contributed by atoms with Gasteiger partial charge >= 0.3 is 0 Å². The predicted molar refractivity (Wildman–Crippen MR) is 125 cm³/mol. The smallest absolute Gasteiger partial charge is 0.243 e. The molecule has 1 spiro atoms. The third kappa shape index (κ3) is 3.68. The summed E-state index contributed by atoms with van der Waals surface area (Å²) in [7, 11) is 3.25. The molecule has 1 unspecified atom stereocenters. The highest BCUT2D eigenvalue weighted by atomic mass is 32.2. The number of methoxy groups -OCH3 is 2. The maximum atomic E-state index is 13.1. The Balaban J connectivity index is 1.84. The number of thioether (sulfide) groups is 1. The Morgan fingerprint density at radius 2 is 1.43 bits per heavy atom. The first-order valence-corrected chi connectivity index (χ1v) is 10.5. The zero-order valence-electron chi connectivity index (χ0n) is 16.5. The number of thiol groups is 1. The molecule has 6 nitrogen and oxygen atoms in total. The first-order valence-electron chi connectivity index (χ1n) is 9.20. The number of carbonyl (C=O) groups is 1. The SMILES string of the molecule is COc1ccc(C2=CC3(C=C(c4ccc(OC)cc4)S2)C(=O)NC(S)N=C3N)cc1. The zero-order valence-corrected chi connectivity index (χ0v) is 18.2. The van der Waals surface area contributed by atoms with Gasteiger partial charge in [-0.05, 0) is 47.5 Å². The van der Waals surface area contributed by atoms with E-state index in [1.165, 1.54) is 0 Å². The van der Waals surface area contributed by atoms with Crippen molar-refractivity contribution < 1.29 is 14.3 Å². The summed E-state index contributed by atoms with van der Waals surface area (Å²) in [4.78, 5) is 19.2. The van der Waals surface area contributed by atoms with E-state index in [1.54, 1.807) is 26.0 Å². The van der Waals surface area contributed by atoms with Crippen molar-refractivity contribution in [3.8, 4) is 11.5 Å². The van der Waals surface area contributed by atoms with Gasteiger partial charge in [-0.15, -0.1) is 12.6 Å². The fourth-order valence-corrected chi connectivity index (χ4v) is 4.81. The van der Waals surface area contributed by atoms with Crippen LogP contribution >= 0.6 is 24.4 Å². The Morgan fingerprint density at radius 1 is 0.967 bits per heavy atom. The number of amides is 1. The van der Waals surface area contributed by atoms with Crippen LogP contribution in [0, 0.1) is 5.41 Å². The molecule has 0 aromatic heterocycles. The van der Waals surface area contributed by atoms with Gasteiger partial charge in [-0.3, -0.25) is 4.79 Å². The van der Waals surface area contributed by atoms with Crippen molar-refractivity contribution in [2.45, 2.75) is 5.50 Å². The highest BCUT2D eigenvalue weighted by Crippen LogP contribution is 2.49. The zero-order chi connectivity index (χ0) is 21.3. The van der Waals surface area contributed by atoms with Crippen molar-refractivity contribution in [3.63, 3.8) is 0 Å². The third-order valence-corrected chi connectivity index (χ3v) is 6.40. The Hall–Kier alpha value is -2.84. The normalized spacial score (nSPS) is 20.0. The van der Waals surface area contributed by atoms with Crippen LogP contribution in [0.5, 0.6) is 11.5 Å². The minimum absolute atomic E-state index is 0.212. The standard InChI is InChI=1S/C22H21N3O3S2/c1-27-15-7-3-13(4-8-15)17-11-22(19(23)24-21(29)25-20(22)26)12-18(30-17)14-5-9-16(28-2)10-6-14/h3-12,21,29H,1-2H3,(H2,23,24)(H,25,26). The van der Waals surface area contributed by atoms with Crippen molar-refractivity contribution in [2.75, 3.05) is 14.2 Å². The number of nitrogens with two attached hydrogens (primary N) is 1. The van der Waals surface area contributed by atoms with E-state index < -0.39 is 10.9 Å². The molecule has 3 N–H and O–H groups in total. The van der Waals surface area contributed by atoms with Crippen molar-refractivity contribution in [1.29, 1.82) is 0 Å². The summed E-state index contributed by atoms with van der Waals surface area (Å²) < 4.78 is 10.5. The summed E-state index contributed by atoms with van der Waals surface area (Å²) >= 11 is 5.81. The van der Waals surface area contributed by atoms with Crippen LogP contribution < -0.4 is 20.5 Å². The fourth-order valence-electron chi connectivity index (χ4n) is 3.33. The number of hydrogen-bond donors (Lipinski definition) is 3. The molecular formula is C22H21N3O3S2. The lowest BCUT2D eigenvalue weighted by Gasteiger charge is -2.35. The quantitative estimate of drug-likeness (QED) is 0.635. The monoisotopic (exact) mass is 439 g/mol. The molecule has 2 heterocycles. The molecule has 1 atom stereocenters. The van der Waals surface area contributed by atoms with Crippen molar-refractivity contribution in [1.82, 2.24) is 5.32 Å². The molecule has 30 heavy (non-hydrogen) atoms. The van der Waals surface area contributed by atoms with Gasteiger partial charge in [0.25, 0.3) is 0 Å². The predicted octanol–water partition coefficient (Wildman–Crippen LogP) is 3.52. The van der Waals surface area contributed by atoms with Crippen LogP contribution in [-0.2, 0) is 4.79 Å². The first-order chi connectivity index (χ1) is 14.4. The minimum Gasteiger partial charge on any atom is -0.497 e. The Kier molecular flexibility index (Phi) is 5.53. The second kappa shape index (κ2) is 8.12. The third-order valence-electron chi connectivity index (χ3n) is 5.01. The number of carbonyl (C=O) groups excluding carboxylic acids is 1. The summed E-state index contributed by atoms with van der Waals surface area (Å²) in [5.41, 5.74) is 6.36. The van der Waals surface area contributed by atoms with Crippen LogP contribution in [0.2, 0.25) is 0 Å². The Labute approximate surface area is 184 Å². The minimum atomic E-state index is -1.19. The first kappa shape index (κ1) is 20.4. The van der Waals surface area contributed by atoms with E-state index in [2.05, 4.69) is 22.9 Å². The van der Waals surface area contributed by atoms with Crippen molar-refractivity contribution in [2.24, 2.45) is 16.1 Å². The molecular weight excluding hydrogens is 418 g/mol. The number of nitrogens with one attached hydrogen (secondary N) is 1. The van der Waals surface area contributed by atoms with Crippen LogP contribution in [0.25, 0.3) is 9.81 Å². The number of ether oxygens (including phenoxy) is 2. The van der Waals surface area contributed by atoms with Gasteiger partial charge in [-0.2, -0.15) is 0 Å². The van der Waals surface area contributed by atoms with Gasteiger partial charge in [-0.1, -0.05) is 36.0 Å². The number of hydrogen-bond acceptors (Lipinski definition) is 7. The topological polar surface area (TPSA) is 85.9 Å². The van der Waals surface area contributed by atoms with E-state index in [9.17, 15) is 4.79 Å². The van der Waals surface area contributed by atoms with E-state index in [-0.39, 0.29) is 11.7 Å². The van der Waals surface area contributed by atoms with Gasteiger partial charge in [0.05, 0.1) is 14.2 Å². The molecule has 2 aliphatic heterocycles. The second-order valence-electron chi connectivity index (χ2n) is 6.81. The molecule has 154 valence electrons. The number of amidine groups is 1. The van der Waals surface area contributed by atoms with Gasteiger partial charge in [0.15, 0.2) is 5.50 Å². The summed E-state index contributed by atoms with van der Waals surface area (Å²) in [6, 6.07) is 15.4. The van der Waals surface area contributed by atoms with E-state index in [4.69, 9.17) is 15.2 Å². The van der Waals surface area contributed by atoms with Crippen LogP contribution in [0.3, 0.4) is 0 Å². The van der Waals surface area contributed by atoms with Crippen molar-refractivity contribution in [3.05, 3.63) is 71.8 Å². The maximum absolute atomic E-state index is 13.1. The van der Waals surface area contributed by atoms with Crippen LogP contribution in [0.1, 0.15) is 11.1 Å². The number of nitrogens with zero attached hydrogens (tertiary/aromatic N) is 1. The number of aliphatic imine (C=N–C) groups is 1. The van der Waals surface area contributed by atoms with Gasteiger partial charge in [-0.25, -0.2) is 4.99 Å². The van der Waals surface area contributed by atoms with Crippen LogP contribution in [0.4, 0.5) is 0 Å². The lowest BCUT2D eigenvalue weighted by atomic mass is 9.82. The largest absolute Gasteiger partial charge is 0.497 e.